The Labute approximate surface area is 136 Å². The molecule has 120 valence electrons. The Morgan fingerprint density at radius 2 is 1.83 bits per heavy atom. The fourth-order valence-corrected chi connectivity index (χ4v) is 3.32. The van der Waals surface area contributed by atoms with Gasteiger partial charge in [0, 0.05) is 11.3 Å². The summed E-state index contributed by atoms with van der Waals surface area (Å²) in [5, 5.41) is 2.83. The fourth-order valence-electron chi connectivity index (χ4n) is 3.32. The number of carbonyl (C=O) groups excluding carboxylic acids is 1. The van der Waals surface area contributed by atoms with Crippen LogP contribution in [0.15, 0.2) is 42.5 Å². The van der Waals surface area contributed by atoms with Crippen LogP contribution in [0.5, 0.6) is 0 Å². The van der Waals surface area contributed by atoms with Crippen LogP contribution in [0.2, 0.25) is 0 Å². The first-order chi connectivity index (χ1) is 11.0. The Morgan fingerprint density at radius 3 is 2.57 bits per heavy atom. The lowest BCUT2D eigenvalue weighted by atomic mass is 9.79. The molecule has 1 aliphatic carbocycles. The van der Waals surface area contributed by atoms with E-state index in [0.29, 0.717) is 11.3 Å². The number of anilines is 1. The van der Waals surface area contributed by atoms with Gasteiger partial charge in [0.15, 0.2) is 0 Å². The summed E-state index contributed by atoms with van der Waals surface area (Å²) in [6.45, 7) is 4.50. The van der Waals surface area contributed by atoms with Crippen molar-refractivity contribution >= 4 is 11.6 Å². The molecule has 23 heavy (non-hydrogen) atoms. The number of nitrogens with one attached hydrogen (secondary N) is 1. The number of benzene rings is 2. The van der Waals surface area contributed by atoms with Gasteiger partial charge in [-0.25, -0.2) is 4.39 Å². The molecule has 1 amide bonds. The van der Waals surface area contributed by atoms with Gasteiger partial charge in [-0.1, -0.05) is 26.3 Å². The van der Waals surface area contributed by atoms with E-state index >= 15 is 0 Å². The van der Waals surface area contributed by atoms with Crippen molar-refractivity contribution in [3.8, 4) is 0 Å². The normalized spacial score (nSPS) is 16.3. The van der Waals surface area contributed by atoms with Gasteiger partial charge >= 0.3 is 0 Å². The minimum atomic E-state index is -0.310. The van der Waals surface area contributed by atoms with E-state index < -0.39 is 0 Å². The van der Waals surface area contributed by atoms with E-state index in [0.717, 1.165) is 12.8 Å². The summed E-state index contributed by atoms with van der Waals surface area (Å²) < 4.78 is 12.9. The predicted octanol–water partition coefficient (Wildman–Crippen LogP) is 5.08. The number of aryl methyl sites for hydroxylation is 1. The van der Waals surface area contributed by atoms with Gasteiger partial charge in [-0.2, -0.15) is 0 Å². The van der Waals surface area contributed by atoms with Crippen LogP contribution in [0.4, 0.5) is 10.1 Å². The largest absolute Gasteiger partial charge is 0.322 e. The maximum Gasteiger partial charge on any atom is 0.255 e. The fraction of sp³-hybridized carbons (Fsp3) is 0.350. The van der Waals surface area contributed by atoms with Crippen LogP contribution in [0.1, 0.15) is 54.6 Å². The smallest absolute Gasteiger partial charge is 0.255 e. The first kappa shape index (κ1) is 15.7. The van der Waals surface area contributed by atoms with Gasteiger partial charge in [-0.15, -0.1) is 0 Å². The molecule has 0 aliphatic heterocycles. The zero-order chi connectivity index (χ0) is 16.4. The standard InChI is InChI=1S/C20H22FNO/c1-20(2)12-4-3-5-14-6-7-15(13-18(14)20)19(23)22-17-10-8-16(21)9-11-17/h6-11,13H,3-5,12H2,1-2H3,(H,22,23). The SMILES string of the molecule is CC1(C)CCCCc2ccc(C(=O)Nc3ccc(F)cc3)cc21. The third-order valence-corrected chi connectivity index (χ3v) is 4.70. The van der Waals surface area contributed by atoms with Gasteiger partial charge < -0.3 is 5.32 Å². The molecule has 0 saturated heterocycles. The van der Waals surface area contributed by atoms with Crippen molar-refractivity contribution in [2.45, 2.75) is 44.9 Å². The van der Waals surface area contributed by atoms with E-state index in [-0.39, 0.29) is 17.1 Å². The molecule has 2 nitrogen and oxygen atoms in total. The van der Waals surface area contributed by atoms with Gasteiger partial charge in [-0.3, -0.25) is 4.79 Å². The Bertz CT molecular complexity index is 719. The van der Waals surface area contributed by atoms with Crippen molar-refractivity contribution in [1.29, 1.82) is 0 Å². The molecule has 0 atom stereocenters. The summed E-state index contributed by atoms with van der Waals surface area (Å²) in [5.41, 5.74) is 3.99. The van der Waals surface area contributed by atoms with Gasteiger partial charge in [0.2, 0.25) is 0 Å². The molecule has 2 aromatic carbocycles. The lowest BCUT2D eigenvalue weighted by Gasteiger charge is -2.26. The summed E-state index contributed by atoms with van der Waals surface area (Å²) in [6, 6.07) is 11.8. The third-order valence-electron chi connectivity index (χ3n) is 4.70. The van der Waals surface area contributed by atoms with E-state index in [1.165, 1.54) is 36.1 Å². The molecule has 0 spiro atoms. The molecule has 2 aromatic rings. The maximum atomic E-state index is 12.9. The second kappa shape index (κ2) is 6.15. The number of carbonyl (C=O) groups is 1. The van der Waals surface area contributed by atoms with Gasteiger partial charge in [-0.05, 0) is 72.2 Å². The van der Waals surface area contributed by atoms with Crippen LogP contribution in [-0.4, -0.2) is 5.91 Å². The van der Waals surface area contributed by atoms with Crippen LogP contribution in [-0.2, 0) is 11.8 Å². The maximum absolute atomic E-state index is 12.9. The summed E-state index contributed by atoms with van der Waals surface area (Å²) >= 11 is 0. The minimum Gasteiger partial charge on any atom is -0.322 e. The van der Waals surface area contributed by atoms with Crippen molar-refractivity contribution < 1.29 is 9.18 Å². The first-order valence-corrected chi connectivity index (χ1v) is 8.16. The van der Waals surface area contributed by atoms with E-state index in [9.17, 15) is 9.18 Å². The van der Waals surface area contributed by atoms with E-state index in [4.69, 9.17) is 0 Å². The Morgan fingerprint density at radius 1 is 1.09 bits per heavy atom. The van der Waals surface area contributed by atoms with Crippen LogP contribution >= 0.6 is 0 Å². The van der Waals surface area contributed by atoms with E-state index in [2.05, 4.69) is 25.2 Å². The first-order valence-electron chi connectivity index (χ1n) is 8.16. The summed E-state index contributed by atoms with van der Waals surface area (Å²) in [4.78, 5) is 12.5. The predicted molar refractivity (Wildman–Crippen MR) is 91.4 cm³/mol. The van der Waals surface area contributed by atoms with Crippen LogP contribution in [0, 0.1) is 5.82 Å². The van der Waals surface area contributed by atoms with Crippen molar-refractivity contribution in [3.05, 3.63) is 65.0 Å². The van der Waals surface area contributed by atoms with Crippen molar-refractivity contribution in [2.24, 2.45) is 0 Å². The number of hydrogen-bond donors (Lipinski definition) is 1. The molecule has 3 heteroatoms. The summed E-state index contributed by atoms with van der Waals surface area (Å²) in [7, 11) is 0. The molecule has 0 heterocycles. The number of fused-ring (bicyclic) bond motifs is 1. The molecule has 0 radical (unpaired) electrons. The number of hydrogen-bond acceptors (Lipinski definition) is 1. The van der Waals surface area contributed by atoms with Crippen molar-refractivity contribution in [3.63, 3.8) is 0 Å². The minimum absolute atomic E-state index is 0.0952. The van der Waals surface area contributed by atoms with Crippen molar-refractivity contribution in [1.82, 2.24) is 0 Å². The summed E-state index contributed by atoms with van der Waals surface area (Å²) in [5.74, 6) is -0.464. The number of amides is 1. The highest BCUT2D eigenvalue weighted by Gasteiger charge is 2.26. The van der Waals surface area contributed by atoms with Crippen LogP contribution in [0.3, 0.4) is 0 Å². The van der Waals surface area contributed by atoms with Gasteiger partial charge in [0.1, 0.15) is 5.82 Å². The summed E-state index contributed by atoms with van der Waals surface area (Å²) in [6.07, 6.45) is 4.65. The van der Waals surface area contributed by atoms with E-state index in [1.807, 2.05) is 12.1 Å². The van der Waals surface area contributed by atoms with Crippen molar-refractivity contribution in [2.75, 3.05) is 5.32 Å². The zero-order valence-electron chi connectivity index (χ0n) is 13.7. The molecule has 0 fully saturated rings. The second-order valence-corrected chi connectivity index (χ2v) is 6.92. The molecule has 0 aromatic heterocycles. The van der Waals surface area contributed by atoms with Crippen LogP contribution in [0.25, 0.3) is 0 Å². The topological polar surface area (TPSA) is 29.1 Å². The zero-order valence-corrected chi connectivity index (χ0v) is 13.7. The van der Waals surface area contributed by atoms with Gasteiger partial charge in [0.25, 0.3) is 5.91 Å². The second-order valence-electron chi connectivity index (χ2n) is 6.92. The third kappa shape index (κ3) is 3.44. The highest BCUT2D eigenvalue weighted by atomic mass is 19.1. The highest BCUT2D eigenvalue weighted by molar-refractivity contribution is 6.04. The number of rotatable bonds is 2. The molecular weight excluding hydrogens is 289 g/mol. The highest BCUT2D eigenvalue weighted by Crippen LogP contribution is 2.36. The molecule has 1 aliphatic rings. The Kier molecular flexibility index (Phi) is 4.20. The average Bonchev–Trinajstić information content (AvgIpc) is 2.68. The monoisotopic (exact) mass is 311 g/mol. The number of halogens is 1. The molecular formula is C20H22FNO. The molecule has 0 bridgehead atoms. The van der Waals surface area contributed by atoms with E-state index in [1.54, 1.807) is 12.1 Å². The van der Waals surface area contributed by atoms with Gasteiger partial charge in [0.05, 0.1) is 0 Å². The Balaban J connectivity index is 1.87. The quantitative estimate of drug-likeness (QED) is 0.770. The lowest BCUT2D eigenvalue weighted by molar-refractivity contribution is 0.102. The Hall–Kier alpha value is -2.16. The average molecular weight is 311 g/mol. The molecule has 1 N–H and O–H groups in total. The molecule has 0 unspecified atom stereocenters. The van der Waals surface area contributed by atoms with Crippen LogP contribution < -0.4 is 5.32 Å². The lowest BCUT2D eigenvalue weighted by Crippen LogP contribution is -2.19. The molecule has 3 rings (SSSR count). The molecule has 0 saturated carbocycles.